The molecule has 0 fully saturated rings. The van der Waals surface area contributed by atoms with E-state index in [1.54, 1.807) is 7.05 Å². The maximum absolute atomic E-state index is 13.7. The molecule has 0 radical (unpaired) electrons. The number of halogens is 2. The van der Waals surface area contributed by atoms with Gasteiger partial charge in [0.15, 0.2) is 11.6 Å². The van der Waals surface area contributed by atoms with Gasteiger partial charge in [0.1, 0.15) is 4.99 Å². The first-order chi connectivity index (χ1) is 8.88. The predicted molar refractivity (Wildman–Crippen MR) is 74.0 cm³/mol. The van der Waals surface area contributed by atoms with Gasteiger partial charge in [-0.15, -0.1) is 0 Å². The average Bonchev–Trinajstić information content (AvgIpc) is 2.38. The molecule has 0 saturated carbocycles. The minimum Gasteiger partial charge on any atom is -0.389 e. The van der Waals surface area contributed by atoms with Gasteiger partial charge < -0.3 is 16.0 Å². The van der Waals surface area contributed by atoms with Crippen LogP contribution in [0.4, 0.5) is 14.5 Å². The summed E-state index contributed by atoms with van der Waals surface area (Å²) in [6, 6.07) is 2.57. The summed E-state index contributed by atoms with van der Waals surface area (Å²) < 4.78 is 27.3. The Morgan fingerprint density at radius 2 is 2.05 bits per heavy atom. The van der Waals surface area contributed by atoms with E-state index < -0.39 is 11.6 Å². The van der Waals surface area contributed by atoms with Crippen LogP contribution in [-0.2, 0) is 4.79 Å². The van der Waals surface area contributed by atoms with Crippen LogP contribution >= 0.6 is 12.2 Å². The number of nitrogens with two attached hydrogens (primary N) is 1. The van der Waals surface area contributed by atoms with Crippen molar-refractivity contribution in [3.05, 3.63) is 29.3 Å². The number of thiocarbonyl (C=S) groups is 1. The molecule has 0 atom stereocenters. The lowest BCUT2D eigenvalue weighted by Gasteiger charge is -2.16. The molecule has 4 nitrogen and oxygen atoms in total. The van der Waals surface area contributed by atoms with Crippen molar-refractivity contribution in [3.8, 4) is 0 Å². The highest BCUT2D eigenvalue weighted by atomic mass is 32.1. The highest BCUT2D eigenvalue weighted by Crippen LogP contribution is 2.20. The van der Waals surface area contributed by atoms with Crippen molar-refractivity contribution >= 4 is 28.8 Å². The largest absolute Gasteiger partial charge is 0.389 e. The van der Waals surface area contributed by atoms with E-state index >= 15 is 0 Å². The minimum absolute atomic E-state index is 0.102. The summed E-state index contributed by atoms with van der Waals surface area (Å²) in [6.07, 6.45) is 0. The Labute approximate surface area is 115 Å². The molecule has 3 N–H and O–H groups in total. The fourth-order valence-corrected chi connectivity index (χ4v) is 1.52. The van der Waals surface area contributed by atoms with Gasteiger partial charge in [-0.3, -0.25) is 4.79 Å². The molecule has 0 aromatic heterocycles. The highest BCUT2D eigenvalue weighted by molar-refractivity contribution is 7.80. The maximum Gasteiger partial charge on any atom is 0.241 e. The van der Waals surface area contributed by atoms with Crippen molar-refractivity contribution in [2.24, 2.45) is 5.73 Å². The number of benzene rings is 1. The molecule has 0 unspecified atom stereocenters. The van der Waals surface area contributed by atoms with Crippen LogP contribution in [0.3, 0.4) is 0 Å². The van der Waals surface area contributed by atoms with Crippen LogP contribution < -0.4 is 11.1 Å². The van der Waals surface area contributed by atoms with Gasteiger partial charge in [0, 0.05) is 19.2 Å². The van der Waals surface area contributed by atoms with E-state index in [0.717, 1.165) is 0 Å². The third kappa shape index (κ3) is 3.60. The zero-order valence-corrected chi connectivity index (χ0v) is 11.5. The lowest BCUT2D eigenvalue weighted by Crippen LogP contribution is -2.32. The van der Waals surface area contributed by atoms with Gasteiger partial charge in [0.2, 0.25) is 5.91 Å². The van der Waals surface area contributed by atoms with Crippen molar-refractivity contribution < 1.29 is 13.6 Å². The fraction of sp³-hybridized carbons (Fsp3) is 0.333. The Kier molecular flexibility index (Phi) is 5.17. The predicted octanol–water partition coefficient (Wildman–Crippen LogP) is 1.49. The van der Waals surface area contributed by atoms with E-state index in [1.807, 2.05) is 6.92 Å². The molecule has 0 aliphatic carbocycles. The Hall–Kier alpha value is -1.76. The van der Waals surface area contributed by atoms with E-state index in [2.05, 4.69) is 17.5 Å². The van der Waals surface area contributed by atoms with Gasteiger partial charge in [-0.05, 0) is 19.1 Å². The van der Waals surface area contributed by atoms with Gasteiger partial charge in [-0.1, -0.05) is 12.2 Å². The third-order valence-electron chi connectivity index (χ3n) is 2.68. The van der Waals surface area contributed by atoms with Gasteiger partial charge >= 0.3 is 0 Å². The third-order valence-corrected chi connectivity index (χ3v) is 2.90. The number of amides is 1. The number of nitrogens with one attached hydrogen (secondary N) is 1. The van der Waals surface area contributed by atoms with Crippen LogP contribution in [0.2, 0.25) is 0 Å². The van der Waals surface area contributed by atoms with Crippen molar-refractivity contribution in [2.45, 2.75) is 6.92 Å². The quantitative estimate of drug-likeness (QED) is 0.806. The van der Waals surface area contributed by atoms with E-state index in [9.17, 15) is 13.6 Å². The van der Waals surface area contributed by atoms with Gasteiger partial charge in [0.05, 0.1) is 12.2 Å². The van der Waals surface area contributed by atoms with E-state index in [1.165, 1.54) is 17.0 Å². The molecular weight excluding hydrogens is 272 g/mol. The minimum atomic E-state index is -1.12. The summed E-state index contributed by atoms with van der Waals surface area (Å²) >= 11 is 4.60. The number of rotatable bonds is 5. The normalized spacial score (nSPS) is 10.1. The molecule has 104 valence electrons. The Morgan fingerprint density at radius 3 is 2.58 bits per heavy atom. The number of carbonyl (C=O) groups excluding carboxylic acids is 1. The zero-order valence-electron chi connectivity index (χ0n) is 10.7. The second kappa shape index (κ2) is 6.42. The van der Waals surface area contributed by atoms with Crippen molar-refractivity contribution in [1.29, 1.82) is 0 Å². The first kappa shape index (κ1) is 15.3. The summed E-state index contributed by atoms with van der Waals surface area (Å²) in [5, 5.41) is 2.54. The monoisotopic (exact) mass is 287 g/mol. The van der Waals surface area contributed by atoms with Gasteiger partial charge in [-0.25, -0.2) is 8.78 Å². The summed E-state index contributed by atoms with van der Waals surface area (Å²) in [4.78, 5) is 12.8. The molecule has 0 aliphatic rings. The van der Waals surface area contributed by atoms with Crippen LogP contribution in [0.5, 0.6) is 0 Å². The standard InChI is InChI=1S/C12H15F2N3OS/c1-3-17(2)9(18)6-16-8-5-4-7(12(15)19)10(13)11(8)14/h4-5,16H,3,6H2,1-2H3,(H2,15,19). The lowest BCUT2D eigenvalue weighted by atomic mass is 10.2. The average molecular weight is 287 g/mol. The fourth-order valence-electron chi connectivity index (χ4n) is 1.36. The van der Waals surface area contributed by atoms with Crippen LogP contribution in [0, 0.1) is 11.6 Å². The summed E-state index contributed by atoms with van der Waals surface area (Å²) in [5.41, 5.74) is 5.00. The number of nitrogens with zero attached hydrogens (tertiary/aromatic N) is 1. The first-order valence-electron chi connectivity index (χ1n) is 5.64. The molecule has 0 heterocycles. The Bertz CT molecular complexity index is 508. The maximum atomic E-state index is 13.7. The number of hydrogen-bond donors (Lipinski definition) is 2. The second-order valence-electron chi connectivity index (χ2n) is 3.91. The van der Waals surface area contributed by atoms with Crippen LogP contribution in [0.15, 0.2) is 12.1 Å². The Morgan fingerprint density at radius 1 is 1.42 bits per heavy atom. The molecule has 1 amide bonds. The van der Waals surface area contributed by atoms with Gasteiger partial charge in [-0.2, -0.15) is 0 Å². The number of hydrogen-bond acceptors (Lipinski definition) is 3. The van der Waals surface area contributed by atoms with E-state index in [-0.39, 0.29) is 28.7 Å². The van der Waals surface area contributed by atoms with Crippen molar-refractivity contribution in [1.82, 2.24) is 4.90 Å². The van der Waals surface area contributed by atoms with E-state index in [0.29, 0.717) is 6.54 Å². The van der Waals surface area contributed by atoms with Crippen LogP contribution in [-0.4, -0.2) is 35.9 Å². The first-order valence-corrected chi connectivity index (χ1v) is 6.05. The summed E-state index contributed by atoms with van der Waals surface area (Å²) in [5.74, 6) is -2.44. The highest BCUT2D eigenvalue weighted by Gasteiger charge is 2.15. The molecule has 1 aromatic carbocycles. The molecule has 7 heteroatoms. The summed E-state index contributed by atoms with van der Waals surface area (Å²) in [7, 11) is 1.62. The molecule has 0 spiro atoms. The van der Waals surface area contributed by atoms with Crippen LogP contribution in [0.25, 0.3) is 0 Å². The molecule has 1 aromatic rings. The zero-order chi connectivity index (χ0) is 14.6. The lowest BCUT2D eigenvalue weighted by molar-refractivity contribution is -0.127. The number of carbonyl (C=O) groups is 1. The molecule has 1 rings (SSSR count). The number of anilines is 1. The SMILES string of the molecule is CCN(C)C(=O)CNc1ccc(C(N)=S)c(F)c1F. The number of likely N-dealkylation sites (N-methyl/N-ethyl adjacent to an activating group) is 1. The molecule has 0 aliphatic heterocycles. The molecule has 0 saturated heterocycles. The molecule has 0 bridgehead atoms. The smallest absolute Gasteiger partial charge is 0.241 e. The van der Waals surface area contributed by atoms with E-state index in [4.69, 9.17) is 5.73 Å². The Balaban J connectivity index is 2.84. The molecular formula is C12H15F2N3OS. The van der Waals surface area contributed by atoms with Gasteiger partial charge in [0.25, 0.3) is 0 Å². The molecule has 19 heavy (non-hydrogen) atoms. The van der Waals surface area contributed by atoms with Crippen molar-refractivity contribution in [2.75, 3.05) is 25.5 Å². The summed E-state index contributed by atoms with van der Waals surface area (Å²) in [6.45, 7) is 2.24. The topological polar surface area (TPSA) is 58.4 Å². The van der Waals surface area contributed by atoms with Crippen LogP contribution in [0.1, 0.15) is 12.5 Å². The van der Waals surface area contributed by atoms with Crippen molar-refractivity contribution in [3.63, 3.8) is 0 Å². The second-order valence-corrected chi connectivity index (χ2v) is 4.35.